The van der Waals surface area contributed by atoms with Crippen molar-refractivity contribution in [2.45, 2.75) is 6.42 Å². The van der Waals surface area contributed by atoms with Gasteiger partial charge in [-0.15, -0.1) is 0 Å². The molecule has 0 atom stereocenters. The molecule has 0 fully saturated rings. The van der Waals surface area contributed by atoms with Crippen molar-refractivity contribution in [1.29, 1.82) is 0 Å². The van der Waals surface area contributed by atoms with Crippen molar-refractivity contribution >= 4 is 6.03 Å². The normalized spacial score (nSPS) is 10.3. The van der Waals surface area contributed by atoms with Gasteiger partial charge in [0.2, 0.25) is 0 Å². The number of amides is 1. The molecule has 16 heavy (non-hydrogen) atoms. The first-order valence-corrected chi connectivity index (χ1v) is 4.86. The third kappa shape index (κ3) is 2.44. The minimum Gasteiger partial charge on any atom is -0.337 e. The summed E-state index contributed by atoms with van der Waals surface area (Å²) in [6, 6.07) is -0.201. The van der Waals surface area contributed by atoms with E-state index in [-0.39, 0.29) is 6.03 Å². The fourth-order valence-electron chi connectivity index (χ4n) is 1.25. The van der Waals surface area contributed by atoms with Crippen LogP contribution in [0.15, 0.2) is 25.0 Å². The molecule has 0 aliphatic heterocycles. The minimum atomic E-state index is -0.201. The van der Waals surface area contributed by atoms with Crippen molar-refractivity contribution in [1.82, 2.24) is 29.6 Å². The lowest BCUT2D eigenvalue weighted by atomic mass is 10.4. The molecule has 0 radical (unpaired) electrons. The Morgan fingerprint density at radius 2 is 2.38 bits per heavy atom. The zero-order valence-electron chi connectivity index (χ0n) is 8.87. The molecule has 2 aromatic heterocycles. The summed E-state index contributed by atoms with van der Waals surface area (Å²) in [5.74, 6) is 0.716. The average Bonchev–Trinajstić information content (AvgIpc) is 2.89. The Bertz CT molecular complexity index is 460. The van der Waals surface area contributed by atoms with E-state index >= 15 is 0 Å². The standard InChI is InChI=1S/C9H12N6O/c1-14-7-12-8(13-14)2-3-11-9(16)15-5-4-10-6-15/h4-7H,2-3H2,1H3,(H,11,16). The molecular formula is C9H12N6O. The van der Waals surface area contributed by atoms with Crippen LogP contribution in [0, 0.1) is 0 Å². The number of hydrogen-bond donors (Lipinski definition) is 1. The lowest BCUT2D eigenvalue weighted by Crippen LogP contribution is -2.29. The minimum absolute atomic E-state index is 0.201. The molecule has 7 heteroatoms. The van der Waals surface area contributed by atoms with Gasteiger partial charge in [-0.3, -0.25) is 9.25 Å². The van der Waals surface area contributed by atoms with Gasteiger partial charge in [0.15, 0.2) is 5.82 Å². The monoisotopic (exact) mass is 220 g/mol. The molecule has 2 aromatic rings. The Morgan fingerprint density at radius 3 is 3.00 bits per heavy atom. The van der Waals surface area contributed by atoms with Gasteiger partial charge in [0.1, 0.15) is 12.7 Å². The van der Waals surface area contributed by atoms with Crippen molar-refractivity contribution in [3.63, 3.8) is 0 Å². The Balaban J connectivity index is 1.78. The SMILES string of the molecule is Cn1cnc(CCNC(=O)n2ccnc2)n1. The first-order valence-electron chi connectivity index (χ1n) is 4.86. The number of hydrogen-bond acceptors (Lipinski definition) is 4. The maximum Gasteiger partial charge on any atom is 0.326 e. The van der Waals surface area contributed by atoms with Crippen LogP contribution in [0.5, 0.6) is 0 Å². The van der Waals surface area contributed by atoms with Crippen molar-refractivity contribution in [2.75, 3.05) is 6.54 Å². The summed E-state index contributed by atoms with van der Waals surface area (Å²) in [6.07, 6.45) is 6.84. The van der Waals surface area contributed by atoms with Crippen LogP contribution in [0.2, 0.25) is 0 Å². The number of carbonyl (C=O) groups excluding carboxylic acids is 1. The second-order valence-corrected chi connectivity index (χ2v) is 3.29. The van der Waals surface area contributed by atoms with Crippen LogP contribution in [-0.4, -0.2) is 36.9 Å². The highest BCUT2D eigenvalue weighted by molar-refractivity contribution is 5.76. The first-order chi connectivity index (χ1) is 7.75. The molecule has 0 aliphatic rings. The molecule has 0 aliphatic carbocycles. The lowest BCUT2D eigenvalue weighted by Gasteiger charge is -2.02. The van der Waals surface area contributed by atoms with Gasteiger partial charge in [-0.2, -0.15) is 5.10 Å². The first kappa shape index (κ1) is 10.3. The maximum atomic E-state index is 11.5. The van der Waals surface area contributed by atoms with Crippen LogP contribution >= 0.6 is 0 Å². The van der Waals surface area contributed by atoms with E-state index in [1.165, 1.54) is 10.9 Å². The highest BCUT2D eigenvalue weighted by atomic mass is 16.2. The number of nitrogens with zero attached hydrogens (tertiary/aromatic N) is 5. The second-order valence-electron chi connectivity index (χ2n) is 3.29. The van der Waals surface area contributed by atoms with Crippen molar-refractivity contribution in [3.8, 4) is 0 Å². The predicted octanol–water partition coefficient (Wildman–Crippen LogP) is -0.188. The van der Waals surface area contributed by atoms with Crippen LogP contribution < -0.4 is 5.32 Å². The number of rotatable bonds is 3. The fraction of sp³-hybridized carbons (Fsp3) is 0.333. The van der Waals surface area contributed by atoms with Gasteiger partial charge in [0.05, 0.1) is 0 Å². The summed E-state index contributed by atoms with van der Waals surface area (Å²) >= 11 is 0. The average molecular weight is 220 g/mol. The van der Waals surface area contributed by atoms with Crippen LogP contribution in [0.4, 0.5) is 4.79 Å². The Hall–Kier alpha value is -2.18. The Morgan fingerprint density at radius 1 is 1.50 bits per heavy atom. The summed E-state index contributed by atoms with van der Waals surface area (Å²) in [5, 5.41) is 6.84. The third-order valence-electron chi connectivity index (χ3n) is 2.01. The smallest absolute Gasteiger partial charge is 0.326 e. The maximum absolute atomic E-state index is 11.5. The summed E-state index contributed by atoms with van der Waals surface area (Å²) in [7, 11) is 1.81. The quantitative estimate of drug-likeness (QED) is 0.777. The number of aromatic nitrogens is 5. The van der Waals surface area contributed by atoms with Gasteiger partial charge >= 0.3 is 6.03 Å². The van der Waals surface area contributed by atoms with Crippen LogP contribution in [0.25, 0.3) is 0 Å². The molecule has 0 unspecified atom stereocenters. The highest BCUT2D eigenvalue weighted by Crippen LogP contribution is 1.89. The molecule has 1 N–H and O–H groups in total. The second kappa shape index (κ2) is 4.56. The predicted molar refractivity (Wildman–Crippen MR) is 55.7 cm³/mol. The molecule has 0 saturated heterocycles. The molecule has 2 rings (SSSR count). The molecule has 84 valence electrons. The molecular weight excluding hydrogens is 208 g/mol. The van der Waals surface area contributed by atoms with Gasteiger partial charge in [0, 0.05) is 32.4 Å². The lowest BCUT2D eigenvalue weighted by molar-refractivity contribution is 0.242. The van der Waals surface area contributed by atoms with Gasteiger partial charge < -0.3 is 5.32 Å². The molecule has 1 amide bonds. The van der Waals surface area contributed by atoms with Crippen LogP contribution in [-0.2, 0) is 13.5 Å². The summed E-state index contributed by atoms with van der Waals surface area (Å²) in [6.45, 7) is 0.501. The Kier molecular flexibility index (Phi) is 2.95. The van der Waals surface area contributed by atoms with E-state index in [0.717, 1.165) is 0 Å². The van der Waals surface area contributed by atoms with Gasteiger partial charge in [-0.25, -0.2) is 14.8 Å². The summed E-state index contributed by atoms with van der Waals surface area (Å²) in [5.41, 5.74) is 0. The van der Waals surface area contributed by atoms with E-state index in [1.807, 2.05) is 0 Å². The zero-order valence-corrected chi connectivity index (χ0v) is 8.87. The van der Waals surface area contributed by atoms with Gasteiger partial charge in [-0.05, 0) is 0 Å². The van der Waals surface area contributed by atoms with E-state index in [4.69, 9.17) is 0 Å². The van der Waals surface area contributed by atoms with Gasteiger partial charge in [0.25, 0.3) is 0 Å². The zero-order chi connectivity index (χ0) is 11.4. The fourth-order valence-corrected chi connectivity index (χ4v) is 1.25. The number of aryl methyl sites for hydroxylation is 1. The highest BCUT2D eigenvalue weighted by Gasteiger charge is 2.03. The molecule has 0 spiro atoms. The van der Waals surface area contributed by atoms with Crippen molar-refractivity contribution < 1.29 is 4.79 Å². The molecule has 0 bridgehead atoms. The summed E-state index contributed by atoms with van der Waals surface area (Å²) in [4.78, 5) is 19.3. The number of imidazole rings is 1. The molecule has 2 heterocycles. The van der Waals surface area contributed by atoms with Crippen molar-refractivity contribution in [2.24, 2.45) is 7.05 Å². The largest absolute Gasteiger partial charge is 0.337 e. The van der Waals surface area contributed by atoms with E-state index in [9.17, 15) is 4.79 Å². The van der Waals surface area contributed by atoms with E-state index in [0.29, 0.717) is 18.8 Å². The number of carbonyl (C=O) groups is 1. The molecule has 0 aromatic carbocycles. The molecule has 0 saturated carbocycles. The molecule has 7 nitrogen and oxygen atoms in total. The van der Waals surface area contributed by atoms with E-state index in [1.54, 1.807) is 30.5 Å². The Labute approximate surface area is 92.1 Å². The topological polar surface area (TPSA) is 77.6 Å². The third-order valence-corrected chi connectivity index (χ3v) is 2.01. The van der Waals surface area contributed by atoms with Crippen LogP contribution in [0.1, 0.15) is 5.82 Å². The van der Waals surface area contributed by atoms with Gasteiger partial charge in [-0.1, -0.05) is 0 Å². The summed E-state index contributed by atoms with van der Waals surface area (Å²) < 4.78 is 3.01. The van der Waals surface area contributed by atoms with E-state index < -0.39 is 0 Å². The van der Waals surface area contributed by atoms with Crippen molar-refractivity contribution in [3.05, 3.63) is 30.9 Å². The number of nitrogens with one attached hydrogen (secondary N) is 1. The van der Waals surface area contributed by atoms with E-state index in [2.05, 4.69) is 20.4 Å². The van der Waals surface area contributed by atoms with Crippen LogP contribution in [0.3, 0.4) is 0 Å².